The molecule has 1 aromatic rings. The van der Waals surface area contributed by atoms with Gasteiger partial charge in [-0.05, 0) is 45.0 Å². The maximum absolute atomic E-state index is 12.2. The zero-order valence-electron chi connectivity index (χ0n) is 16.2. The fourth-order valence-electron chi connectivity index (χ4n) is 2.56. The molecule has 2 amide bonds. The molecule has 1 aromatic carbocycles. The topological polar surface area (TPSA) is 112 Å². The molecule has 9 nitrogen and oxygen atoms in total. The SMILES string of the molecule is CCOC(=O)C1=C(COC(=O)C(C)Oc2ccc(OC)cc2)NC(=O)NC1C. The highest BCUT2D eigenvalue weighted by Crippen LogP contribution is 2.19. The molecular weight excluding hydrogens is 368 g/mol. The Balaban J connectivity index is 2.02. The van der Waals surface area contributed by atoms with E-state index in [0.29, 0.717) is 11.5 Å². The normalized spacial score (nSPS) is 17.1. The minimum absolute atomic E-state index is 0.180. The summed E-state index contributed by atoms with van der Waals surface area (Å²) >= 11 is 0. The van der Waals surface area contributed by atoms with Gasteiger partial charge in [-0.1, -0.05) is 0 Å². The van der Waals surface area contributed by atoms with E-state index < -0.39 is 30.1 Å². The van der Waals surface area contributed by atoms with Gasteiger partial charge in [0.25, 0.3) is 0 Å². The molecule has 0 radical (unpaired) electrons. The highest BCUT2D eigenvalue weighted by molar-refractivity contribution is 5.94. The third-order valence-corrected chi connectivity index (χ3v) is 3.93. The summed E-state index contributed by atoms with van der Waals surface area (Å²) in [4.78, 5) is 36.1. The van der Waals surface area contributed by atoms with Crippen molar-refractivity contribution in [2.24, 2.45) is 0 Å². The number of esters is 2. The third kappa shape index (κ3) is 5.38. The van der Waals surface area contributed by atoms with Gasteiger partial charge in [-0.3, -0.25) is 0 Å². The summed E-state index contributed by atoms with van der Waals surface area (Å²) in [7, 11) is 1.55. The number of carbonyl (C=O) groups excluding carboxylic acids is 3. The molecule has 0 spiro atoms. The second-order valence-electron chi connectivity index (χ2n) is 5.98. The first-order chi connectivity index (χ1) is 13.3. The molecule has 0 aliphatic carbocycles. The van der Waals surface area contributed by atoms with Gasteiger partial charge in [0.05, 0.1) is 31.0 Å². The van der Waals surface area contributed by atoms with Gasteiger partial charge in [0.1, 0.15) is 18.1 Å². The van der Waals surface area contributed by atoms with E-state index in [-0.39, 0.29) is 24.5 Å². The van der Waals surface area contributed by atoms with Gasteiger partial charge < -0.3 is 29.6 Å². The van der Waals surface area contributed by atoms with Crippen LogP contribution in [0.5, 0.6) is 11.5 Å². The smallest absolute Gasteiger partial charge is 0.347 e. The van der Waals surface area contributed by atoms with E-state index in [1.165, 1.54) is 6.92 Å². The molecule has 0 saturated heterocycles. The summed E-state index contributed by atoms with van der Waals surface area (Å²) in [5, 5.41) is 5.06. The summed E-state index contributed by atoms with van der Waals surface area (Å²) in [6, 6.07) is 5.67. The Morgan fingerprint density at radius 1 is 1.14 bits per heavy atom. The van der Waals surface area contributed by atoms with Gasteiger partial charge in [0.2, 0.25) is 0 Å². The molecule has 2 atom stereocenters. The van der Waals surface area contributed by atoms with E-state index >= 15 is 0 Å². The van der Waals surface area contributed by atoms with Crippen LogP contribution < -0.4 is 20.1 Å². The molecule has 9 heteroatoms. The molecule has 152 valence electrons. The van der Waals surface area contributed by atoms with Crippen LogP contribution in [0.3, 0.4) is 0 Å². The highest BCUT2D eigenvalue weighted by atomic mass is 16.6. The number of methoxy groups -OCH3 is 1. The van der Waals surface area contributed by atoms with Crippen molar-refractivity contribution in [2.75, 3.05) is 20.3 Å². The molecule has 0 aromatic heterocycles. The van der Waals surface area contributed by atoms with Crippen molar-refractivity contribution < 1.29 is 33.3 Å². The lowest BCUT2D eigenvalue weighted by atomic mass is 10.0. The van der Waals surface area contributed by atoms with E-state index in [2.05, 4.69) is 10.6 Å². The Labute approximate surface area is 163 Å². The Hall–Kier alpha value is -3.23. The van der Waals surface area contributed by atoms with Crippen molar-refractivity contribution in [2.45, 2.75) is 32.9 Å². The van der Waals surface area contributed by atoms with E-state index in [0.717, 1.165) is 0 Å². The number of urea groups is 1. The Morgan fingerprint density at radius 2 is 1.79 bits per heavy atom. The average molecular weight is 392 g/mol. The first-order valence-electron chi connectivity index (χ1n) is 8.80. The van der Waals surface area contributed by atoms with Crippen molar-refractivity contribution in [1.29, 1.82) is 0 Å². The molecule has 2 unspecified atom stereocenters. The molecule has 28 heavy (non-hydrogen) atoms. The van der Waals surface area contributed by atoms with Gasteiger partial charge in [-0.2, -0.15) is 0 Å². The largest absolute Gasteiger partial charge is 0.497 e. The maximum Gasteiger partial charge on any atom is 0.347 e. The van der Waals surface area contributed by atoms with Crippen LogP contribution in [0.4, 0.5) is 4.79 Å². The fourth-order valence-corrected chi connectivity index (χ4v) is 2.56. The van der Waals surface area contributed by atoms with E-state index in [1.807, 2.05) is 0 Å². The zero-order chi connectivity index (χ0) is 20.7. The molecule has 0 bridgehead atoms. The van der Waals surface area contributed by atoms with Crippen LogP contribution in [0.15, 0.2) is 35.5 Å². The van der Waals surface area contributed by atoms with E-state index in [1.54, 1.807) is 45.2 Å². The predicted octanol–water partition coefficient (Wildman–Crippen LogP) is 1.52. The van der Waals surface area contributed by atoms with Crippen LogP contribution in [0, 0.1) is 0 Å². The lowest BCUT2D eigenvalue weighted by Gasteiger charge is -2.26. The number of rotatable bonds is 8. The zero-order valence-corrected chi connectivity index (χ0v) is 16.2. The minimum Gasteiger partial charge on any atom is -0.497 e. The van der Waals surface area contributed by atoms with Crippen molar-refractivity contribution >= 4 is 18.0 Å². The van der Waals surface area contributed by atoms with Gasteiger partial charge in [0.15, 0.2) is 6.10 Å². The molecule has 2 N–H and O–H groups in total. The molecule has 1 aliphatic heterocycles. The maximum atomic E-state index is 12.2. The molecule has 0 saturated carbocycles. The quantitative estimate of drug-likeness (QED) is 0.645. The van der Waals surface area contributed by atoms with Crippen LogP contribution in [-0.4, -0.2) is 50.4 Å². The summed E-state index contributed by atoms with van der Waals surface area (Å²) in [6.45, 7) is 4.75. The number of amides is 2. The van der Waals surface area contributed by atoms with Crippen LogP contribution >= 0.6 is 0 Å². The van der Waals surface area contributed by atoms with Crippen LogP contribution in [0.25, 0.3) is 0 Å². The number of nitrogens with one attached hydrogen (secondary N) is 2. The Bertz CT molecular complexity index is 758. The number of carbonyl (C=O) groups is 3. The van der Waals surface area contributed by atoms with E-state index in [4.69, 9.17) is 18.9 Å². The van der Waals surface area contributed by atoms with Gasteiger partial charge in [-0.25, -0.2) is 14.4 Å². The van der Waals surface area contributed by atoms with Crippen molar-refractivity contribution in [3.05, 3.63) is 35.5 Å². The Kier molecular flexibility index (Phi) is 7.25. The second-order valence-corrected chi connectivity index (χ2v) is 5.98. The lowest BCUT2D eigenvalue weighted by Crippen LogP contribution is -2.50. The second kappa shape index (κ2) is 9.63. The van der Waals surface area contributed by atoms with Crippen molar-refractivity contribution in [3.63, 3.8) is 0 Å². The number of benzene rings is 1. The predicted molar refractivity (Wildman–Crippen MR) is 98.8 cm³/mol. The molecular formula is C19H24N2O7. The molecule has 2 rings (SSSR count). The van der Waals surface area contributed by atoms with Gasteiger partial charge >= 0.3 is 18.0 Å². The van der Waals surface area contributed by atoms with Gasteiger partial charge in [-0.15, -0.1) is 0 Å². The Morgan fingerprint density at radius 3 is 2.39 bits per heavy atom. The summed E-state index contributed by atoms with van der Waals surface area (Å²) in [5.74, 6) is -0.0970. The summed E-state index contributed by atoms with van der Waals surface area (Å²) in [6.07, 6.45) is -0.894. The van der Waals surface area contributed by atoms with Crippen molar-refractivity contribution in [1.82, 2.24) is 10.6 Å². The molecule has 1 heterocycles. The van der Waals surface area contributed by atoms with E-state index in [9.17, 15) is 14.4 Å². The van der Waals surface area contributed by atoms with Crippen LogP contribution in [0.1, 0.15) is 20.8 Å². The fraction of sp³-hybridized carbons (Fsp3) is 0.421. The van der Waals surface area contributed by atoms with Crippen LogP contribution in [-0.2, 0) is 19.1 Å². The highest BCUT2D eigenvalue weighted by Gasteiger charge is 2.30. The number of hydrogen-bond donors (Lipinski definition) is 2. The standard InChI is InChI=1S/C19H24N2O7/c1-5-26-18(23)16-11(2)20-19(24)21-15(16)10-27-17(22)12(3)28-14-8-6-13(25-4)7-9-14/h6-9,11-12H,5,10H2,1-4H3,(H2,20,21,24). The van der Waals surface area contributed by atoms with Gasteiger partial charge in [0, 0.05) is 0 Å². The number of hydrogen-bond acceptors (Lipinski definition) is 7. The summed E-state index contributed by atoms with van der Waals surface area (Å²) in [5.41, 5.74) is 0.387. The number of ether oxygens (including phenoxy) is 4. The summed E-state index contributed by atoms with van der Waals surface area (Å²) < 4.78 is 20.8. The molecule has 1 aliphatic rings. The lowest BCUT2D eigenvalue weighted by molar-refractivity contribution is -0.150. The molecule has 0 fully saturated rings. The minimum atomic E-state index is -0.894. The first kappa shape index (κ1) is 21.1. The van der Waals surface area contributed by atoms with Crippen LogP contribution in [0.2, 0.25) is 0 Å². The average Bonchev–Trinajstić information content (AvgIpc) is 2.66. The monoisotopic (exact) mass is 392 g/mol. The first-order valence-corrected chi connectivity index (χ1v) is 8.80. The van der Waals surface area contributed by atoms with Crippen molar-refractivity contribution in [3.8, 4) is 11.5 Å². The third-order valence-electron chi connectivity index (χ3n) is 3.93.